The zero-order valence-corrected chi connectivity index (χ0v) is 16.6. The van der Waals surface area contributed by atoms with Gasteiger partial charge in [-0.25, -0.2) is 0 Å². The Morgan fingerprint density at radius 3 is 2.48 bits per heavy atom. The van der Waals surface area contributed by atoms with Crippen LogP contribution in [0.5, 0.6) is 17.2 Å². The Morgan fingerprint density at radius 1 is 1.14 bits per heavy atom. The second kappa shape index (κ2) is 8.14. The highest BCUT2D eigenvalue weighted by molar-refractivity contribution is 5.88. The molecule has 0 spiro atoms. The molecule has 1 atom stereocenters. The van der Waals surface area contributed by atoms with Crippen molar-refractivity contribution in [2.75, 3.05) is 13.2 Å². The summed E-state index contributed by atoms with van der Waals surface area (Å²) in [4.78, 5) is 12.5. The minimum Gasteiger partial charge on any atom is -0.507 e. The quantitative estimate of drug-likeness (QED) is 0.504. The maximum absolute atomic E-state index is 12.5. The van der Waals surface area contributed by atoms with Gasteiger partial charge in [-0.15, -0.1) is 0 Å². The predicted octanol–water partition coefficient (Wildman–Crippen LogP) is 3.00. The highest BCUT2D eigenvalue weighted by Gasteiger charge is 2.19. The third kappa shape index (κ3) is 4.88. The Labute approximate surface area is 168 Å². The number of phenolic OH excluding ortho intramolecular Hbond substituents is 1. The standard InChI is InChI=1S/C22H25NO6/c1-22(2,3)23-11-14(24)12-28-15-9-16(25)18-17(10-15)29-21(20(27)19(18)26)13-7-5-4-6-8-13/h4-10,14,23-25,27H,11-12H2,1-3H3. The van der Waals surface area contributed by atoms with Gasteiger partial charge in [-0.3, -0.25) is 4.79 Å². The molecule has 1 unspecified atom stereocenters. The molecule has 0 aliphatic heterocycles. The Hall–Kier alpha value is -3.03. The van der Waals surface area contributed by atoms with E-state index in [0.29, 0.717) is 12.1 Å². The first kappa shape index (κ1) is 20.7. The second-order valence-corrected chi connectivity index (χ2v) is 7.89. The maximum Gasteiger partial charge on any atom is 0.238 e. The lowest BCUT2D eigenvalue weighted by atomic mass is 10.1. The maximum atomic E-state index is 12.5. The van der Waals surface area contributed by atoms with E-state index in [-0.39, 0.29) is 40.4 Å². The van der Waals surface area contributed by atoms with Gasteiger partial charge in [-0.1, -0.05) is 30.3 Å². The van der Waals surface area contributed by atoms with Gasteiger partial charge in [-0.2, -0.15) is 0 Å². The molecule has 29 heavy (non-hydrogen) atoms. The molecule has 0 aliphatic carbocycles. The van der Waals surface area contributed by atoms with E-state index in [1.54, 1.807) is 30.3 Å². The van der Waals surface area contributed by atoms with Crippen LogP contribution in [0.4, 0.5) is 0 Å². The fourth-order valence-corrected chi connectivity index (χ4v) is 2.81. The fourth-order valence-electron chi connectivity index (χ4n) is 2.81. The van der Waals surface area contributed by atoms with Crippen LogP contribution in [-0.4, -0.2) is 40.1 Å². The highest BCUT2D eigenvalue weighted by Crippen LogP contribution is 2.35. The molecule has 7 nitrogen and oxygen atoms in total. The van der Waals surface area contributed by atoms with Gasteiger partial charge < -0.3 is 29.8 Å². The fraction of sp³-hybridized carbons (Fsp3) is 0.318. The third-order valence-corrected chi connectivity index (χ3v) is 4.27. The summed E-state index contributed by atoms with van der Waals surface area (Å²) in [6.45, 7) is 6.29. The van der Waals surface area contributed by atoms with E-state index in [1.165, 1.54) is 12.1 Å². The first-order valence-corrected chi connectivity index (χ1v) is 9.30. The van der Waals surface area contributed by atoms with Gasteiger partial charge in [0.15, 0.2) is 5.76 Å². The van der Waals surface area contributed by atoms with Crippen molar-refractivity contribution in [1.82, 2.24) is 5.32 Å². The summed E-state index contributed by atoms with van der Waals surface area (Å²) < 4.78 is 11.3. The van der Waals surface area contributed by atoms with E-state index < -0.39 is 17.3 Å². The van der Waals surface area contributed by atoms with Crippen LogP contribution in [0, 0.1) is 0 Å². The molecule has 0 aliphatic rings. The number of aromatic hydroxyl groups is 2. The van der Waals surface area contributed by atoms with Crippen molar-refractivity contribution < 1.29 is 24.5 Å². The zero-order chi connectivity index (χ0) is 21.2. The second-order valence-electron chi connectivity index (χ2n) is 7.89. The van der Waals surface area contributed by atoms with Gasteiger partial charge in [0.1, 0.15) is 35.2 Å². The van der Waals surface area contributed by atoms with Crippen molar-refractivity contribution in [2.24, 2.45) is 0 Å². The highest BCUT2D eigenvalue weighted by atomic mass is 16.5. The molecule has 0 fully saturated rings. The van der Waals surface area contributed by atoms with Crippen LogP contribution < -0.4 is 15.5 Å². The normalized spacial score (nSPS) is 12.8. The van der Waals surface area contributed by atoms with Gasteiger partial charge >= 0.3 is 0 Å². The molecule has 1 aromatic heterocycles. The molecule has 3 rings (SSSR count). The SMILES string of the molecule is CC(C)(C)NCC(O)COc1cc(O)c2c(=O)c(O)c(-c3ccccc3)oc2c1. The van der Waals surface area contributed by atoms with Crippen LogP contribution >= 0.6 is 0 Å². The molecule has 0 radical (unpaired) electrons. The van der Waals surface area contributed by atoms with E-state index >= 15 is 0 Å². The van der Waals surface area contributed by atoms with E-state index in [1.807, 2.05) is 20.8 Å². The van der Waals surface area contributed by atoms with Crippen LogP contribution in [0.15, 0.2) is 51.7 Å². The summed E-state index contributed by atoms with van der Waals surface area (Å²) in [7, 11) is 0. The summed E-state index contributed by atoms with van der Waals surface area (Å²) in [6.07, 6.45) is -0.765. The Morgan fingerprint density at radius 2 is 1.83 bits per heavy atom. The van der Waals surface area contributed by atoms with Crippen LogP contribution in [0.1, 0.15) is 20.8 Å². The molecule has 0 saturated heterocycles. The molecule has 3 aromatic rings. The van der Waals surface area contributed by atoms with E-state index in [0.717, 1.165) is 0 Å². The summed E-state index contributed by atoms with van der Waals surface area (Å²) in [5.41, 5.74) is -0.271. The largest absolute Gasteiger partial charge is 0.507 e. The number of phenols is 1. The number of hydrogen-bond donors (Lipinski definition) is 4. The minimum absolute atomic E-state index is 0.00839. The number of fused-ring (bicyclic) bond motifs is 1. The van der Waals surface area contributed by atoms with Crippen molar-refractivity contribution in [3.05, 3.63) is 52.7 Å². The third-order valence-electron chi connectivity index (χ3n) is 4.27. The number of aliphatic hydroxyl groups is 1. The number of β-amino-alcohol motifs (C(OH)–C–C–N with tert-alkyl or cyclic N) is 1. The Kier molecular flexibility index (Phi) is 5.81. The molecular weight excluding hydrogens is 374 g/mol. The van der Waals surface area contributed by atoms with Gasteiger partial charge in [0, 0.05) is 29.8 Å². The van der Waals surface area contributed by atoms with Crippen molar-refractivity contribution in [3.8, 4) is 28.6 Å². The summed E-state index contributed by atoms with van der Waals surface area (Å²) in [5, 5.41) is 33.6. The molecule has 154 valence electrons. The molecule has 0 saturated carbocycles. The van der Waals surface area contributed by atoms with Crippen molar-refractivity contribution in [1.29, 1.82) is 0 Å². The zero-order valence-electron chi connectivity index (χ0n) is 16.6. The lowest BCUT2D eigenvalue weighted by Crippen LogP contribution is -2.42. The average molecular weight is 399 g/mol. The molecule has 0 amide bonds. The Bertz CT molecular complexity index is 1050. The first-order chi connectivity index (χ1) is 13.7. The van der Waals surface area contributed by atoms with E-state index in [9.17, 15) is 20.1 Å². The first-order valence-electron chi connectivity index (χ1n) is 9.30. The smallest absolute Gasteiger partial charge is 0.238 e. The van der Waals surface area contributed by atoms with E-state index in [4.69, 9.17) is 9.15 Å². The molecule has 4 N–H and O–H groups in total. The Balaban J connectivity index is 1.90. The number of hydrogen-bond acceptors (Lipinski definition) is 7. The lowest BCUT2D eigenvalue weighted by molar-refractivity contribution is 0.0999. The predicted molar refractivity (Wildman–Crippen MR) is 111 cm³/mol. The van der Waals surface area contributed by atoms with Crippen molar-refractivity contribution in [2.45, 2.75) is 32.4 Å². The molecule has 1 heterocycles. The molecular formula is C22H25NO6. The number of rotatable bonds is 6. The van der Waals surface area contributed by atoms with E-state index in [2.05, 4.69) is 5.32 Å². The monoisotopic (exact) mass is 399 g/mol. The summed E-state index contributed by atoms with van der Waals surface area (Å²) in [5.74, 6) is -0.702. The molecule has 2 aromatic carbocycles. The topological polar surface area (TPSA) is 112 Å². The van der Waals surface area contributed by atoms with Crippen LogP contribution in [0.3, 0.4) is 0 Å². The van der Waals surface area contributed by atoms with Crippen LogP contribution in [0.2, 0.25) is 0 Å². The van der Waals surface area contributed by atoms with Gasteiger partial charge in [-0.05, 0) is 20.8 Å². The van der Waals surface area contributed by atoms with Gasteiger partial charge in [0.25, 0.3) is 0 Å². The number of aliphatic hydroxyl groups excluding tert-OH is 1. The number of nitrogens with one attached hydrogen (secondary N) is 1. The summed E-state index contributed by atoms with van der Waals surface area (Å²) in [6, 6.07) is 11.4. The van der Waals surface area contributed by atoms with Crippen molar-refractivity contribution in [3.63, 3.8) is 0 Å². The van der Waals surface area contributed by atoms with Crippen molar-refractivity contribution >= 4 is 11.0 Å². The molecule has 0 bridgehead atoms. The lowest BCUT2D eigenvalue weighted by Gasteiger charge is -2.23. The van der Waals surface area contributed by atoms with Crippen LogP contribution in [-0.2, 0) is 0 Å². The van der Waals surface area contributed by atoms with Gasteiger partial charge in [0.2, 0.25) is 11.2 Å². The minimum atomic E-state index is -0.765. The number of benzene rings is 2. The summed E-state index contributed by atoms with van der Waals surface area (Å²) >= 11 is 0. The molecule has 7 heteroatoms. The van der Waals surface area contributed by atoms with Gasteiger partial charge in [0.05, 0.1) is 0 Å². The average Bonchev–Trinajstić information content (AvgIpc) is 2.67. The van der Waals surface area contributed by atoms with Crippen LogP contribution in [0.25, 0.3) is 22.3 Å². The number of ether oxygens (including phenoxy) is 1.